The lowest BCUT2D eigenvalue weighted by molar-refractivity contribution is 0.0505. The van der Waals surface area contributed by atoms with Crippen molar-refractivity contribution in [2.75, 3.05) is 26.9 Å². The van der Waals surface area contributed by atoms with Gasteiger partial charge in [0.2, 0.25) is 0 Å². The van der Waals surface area contributed by atoms with Crippen molar-refractivity contribution < 1.29 is 14.2 Å². The van der Waals surface area contributed by atoms with E-state index >= 15 is 0 Å². The summed E-state index contributed by atoms with van der Waals surface area (Å²) in [5, 5.41) is 4.22. The Bertz CT molecular complexity index is 961. The number of rotatable bonds is 9. The van der Waals surface area contributed by atoms with Crippen molar-refractivity contribution in [1.29, 1.82) is 0 Å². The Kier molecular flexibility index (Phi) is 7.99. The molecule has 0 aliphatic heterocycles. The van der Waals surface area contributed by atoms with Gasteiger partial charge < -0.3 is 19.5 Å². The summed E-state index contributed by atoms with van der Waals surface area (Å²) in [5.41, 5.74) is 2.09. The largest absolute Gasteiger partial charge is 0.484 e. The van der Waals surface area contributed by atoms with Gasteiger partial charge in [0, 0.05) is 24.3 Å². The molecule has 0 aliphatic rings. The summed E-state index contributed by atoms with van der Waals surface area (Å²) in [6, 6.07) is 5.77. The highest BCUT2D eigenvalue weighted by atomic mass is 32.1. The van der Waals surface area contributed by atoms with Crippen molar-refractivity contribution in [3.8, 4) is 30.4 Å². The lowest BCUT2D eigenvalue weighted by Gasteiger charge is -2.32. The van der Waals surface area contributed by atoms with E-state index in [0.29, 0.717) is 24.0 Å². The Balaban J connectivity index is 2.13. The van der Waals surface area contributed by atoms with Crippen molar-refractivity contribution in [2.24, 2.45) is 0 Å². The van der Waals surface area contributed by atoms with Gasteiger partial charge in [-0.05, 0) is 44.5 Å². The molecule has 2 atom stereocenters. The molecule has 5 nitrogen and oxygen atoms in total. The average Bonchev–Trinajstić information content (AvgIpc) is 2.67. The first-order chi connectivity index (χ1) is 13.8. The minimum absolute atomic E-state index is 0.226. The molecule has 2 rings (SSSR count). The second-order valence-electron chi connectivity index (χ2n) is 7.12. The SMILES string of the molecule is C#CCOCC(C)(COC)NC(=S)C(C)Oc1cc(C)c2ncc(C#C)cc2c1. The first kappa shape index (κ1) is 22.6. The molecule has 2 aromatic rings. The zero-order valence-electron chi connectivity index (χ0n) is 17.2. The predicted octanol–water partition coefficient (Wildman–Crippen LogP) is 3.26. The van der Waals surface area contributed by atoms with E-state index in [-0.39, 0.29) is 12.7 Å². The zero-order chi connectivity index (χ0) is 21.4. The smallest absolute Gasteiger partial charge is 0.146 e. The van der Waals surface area contributed by atoms with Gasteiger partial charge in [-0.1, -0.05) is 24.1 Å². The fourth-order valence-electron chi connectivity index (χ4n) is 2.97. The first-order valence-corrected chi connectivity index (χ1v) is 9.58. The van der Waals surface area contributed by atoms with E-state index in [2.05, 4.69) is 22.1 Å². The number of hydrogen-bond acceptors (Lipinski definition) is 5. The van der Waals surface area contributed by atoms with Crippen LogP contribution >= 0.6 is 12.2 Å². The van der Waals surface area contributed by atoms with Gasteiger partial charge in [0.25, 0.3) is 0 Å². The van der Waals surface area contributed by atoms with E-state index in [1.807, 2.05) is 39.0 Å². The van der Waals surface area contributed by atoms with Gasteiger partial charge in [-0.15, -0.1) is 12.8 Å². The van der Waals surface area contributed by atoms with Crippen LogP contribution < -0.4 is 10.1 Å². The first-order valence-electron chi connectivity index (χ1n) is 9.17. The highest BCUT2D eigenvalue weighted by molar-refractivity contribution is 7.80. The van der Waals surface area contributed by atoms with Crippen LogP contribution in [0.3, 0.4) is 0 Å². The maximum atomic E-state index is 6.09. The van der Waals surface area contributed by atoms with Crippen molar-refractivity contribution in [3.05, 3.63) is 35.5 Å². The van der Waals surface area contributed by atoms with E-state index in [9.17, 15) is 0 Å². The molecular weight excluding hydrogens is 384 g/mol. The number of benzene rings is 1. The van der Waals surface area contributed by atoms with E-state index in [1.54, 1.807) is 13.3 Å². The molecule has 1 aromatic carbocycles. The summed E-state index contributed by atoms with van der Waals surface area (Å²) < 4.78 is 16.9. The van der Waals surface area contributed by atoms with Crippen LogP contribution in [0.1, 0.15) is 25.0 Å². The molecule has 1 aromatic heterocycles. The molecular formula is C23H26N2O3S. The van der Waals surface area contributed by atoms with Gasteiger partial charge in [-0.25, -0.2) is 0 Å². The number of hydrogen-bond donors (Lipinski definition) is 1. The van der Waals surface area contributed by atoms with Gasteiger partial charge in [0.1, 0.15) is 23.4 Å². The third-order valence-electron chi connectivity index (χ3n) is 4.29. The second kappa shape index (κ2) is 10.2. The van der Waals surface area contributed by atoms with E-state index in [1.165, 1.54) is 0 Å². The molecule has 1 heterocycles. The Morgan fingerprint density at radius 2 is 2.07 bits per heavy atom. The van der Waals surface area contributed by atoms with Crippen LogP contribution in [0.2, 0.25) is 0 Å². The number of aromatic nitrogens is 1. The van der Waals surface area contributed by atoms with E-state index in [0.717, 1.165) is 22.0 Å². The molecule has 29 heavy (non-hydrogen) atoms. The number of fused-ring (bicyclic) bond motifs is 1. The number of aryl methyl sites for hydroxylation is 1. The van der Waals surface area contributed by atoms with Crippen LogP contribution in [0.4, 0.5) is 0 Å². The molecule has 0 saturated heterocycles. The van der Waals surface area contributed by atoms with Crippen molar-refractivity contribution >= 4 is 28.1 Å². The molecule has 2 unspecified atom stereocenters. The zero-order valence-corrected chi connectivity index (χ0v) is 18.1. The highest BCUT2D eigenvalue weighted by Crippen LogP contribution is 2.25. The number of nitrogens with one attached hydrogen (secondary N) is 1. The van der Waals surface area contributed by atoms with Crippen molar-refractivity contribution in [1.82, 2.24) is 10.3 Å². The molecule has 6 heteroatoms. The van der Waals surface area contributed by atoms with Crippen LogP contribution in [0.25, 0.3) is 10.9 Å². The fourth-order valence-corrected chi connectivity index (χ4v) is 3.26. The Morgan fingerprint density at radius 3 is 2.72 bits per heavy atom. The number of terminal acetylenes is 2. The van der Waals surface area contributed by atoms with Gasteiger partial charge >= 0.3 is 0 Å². The molecule has 1 N–H and O–H groups in total. The molecule has 152 valence electrons. The maximum Gasteiger partial charge on any atom is 0.146 e. The van der Waals surface area contributed by atoms with E-state index in [4.69, 9.17) is 39.3 Å². The standard InChI is InChI=1S/C23H26N2O3S/c1-7-9-27-15-23(5,14-26-6)25-22(29)17(4)28-20-10-16(3)21-19(12-20)11-18(8-2)13-24-21/h1-2,10-13,17H,9,14-15H2,3-6H3,(H,25,29). The summed E-state index contributed by atoms with van der Waals surface area (Å²) in [5.74, 6) is 5.75. The highest BCUT2D eigenvalue weighted by Gasteiger charge is 2.27. The average molecular weight is 411 g/mol. The number of methoxy groups -OCH3 is 1. The van der Waals surface area contributed by atoms with Crippen LogP contribution in [0, 0.1) is 31.6 Å². The lowest BCUT2D eigenvalue weighted by atomic mass is 10.0. The lowest BCUT2D eigenvalue weighted by Crippen LogP contribution is -2.55. The fraction of sp³-hybridized carbons (Fsp3) is 0.391. The molecule has 0 fully saturated rings. The molecule has 0 aliphatic carbocycles. The molecule has 0 amide bonds. The number of pyridine rings is 1. The van der Waals surface area contributed by atoms with Crippen LogP contribution in [-0.4, -0.2) is 48.5 Å². The van der Waals surface area contributed by atoms with Crippen molar-refractivity contribution in [3.63, 3.8) is 0 Å². The topological polar surface area (TPSA) is 52.6 Å². The third-order valence-corrected chi connectivity index (χ3v) is 4.72. The summed E-state index contributed by atoms with van der Waals surface area (Å²) in [6.45, 7) is 6.81. The summed E-state index contributed by atoms with van der Waals surface area (Å²) in [6.07, 6.45) is 12.1. The monoisotopic (exact) mass is 410 g/mol. The van der Waals surface area contributed by atoms with Gasteiger partial charge in [-0.2, -0.15) is 0 Å². The van der Waals surface area contributed by atoms with Gasteiger partial charge in [0.15, 0.2) is 0 Å². The number of thiocarbonyl (C=S) groups is 1. The van der Waals surface area contributed by atoms with Crippen molar-refractivity contribution in [2.45, 2.75) is 32.4 Å². The van der Waals surface area contributed by atoms with Crippen LogP contribution in [0.5, 0.6) is 5.75 Å². The summed E-state index contributed by atoms with van der Waals surface area (Å²) in [7, 11) is 1.63. The van der Waals surface area contributed by atoms with Gasteiger partial charge in [-0.3, -0.25) is 4.98 Å². The normalized spacial score (nSPS) is 13.7. The number of nitrogens with zero attached hydrogens (tertiary/aromatic N) is 1. The van der Waals surface area contributed by atoms with E-state index < -0.39 is 5.54 Å². The second-order valence-corrected chi connectivity index (χ2v) is 7.56. The Morgan fingerprint density at radius 1 is 1.31 bits per heavy atom. The maximum absolute atomic E-state index is 6.09. The molecule has 0 saturated carbocycles. The Hall–Kier alpha value is -2.64. The van der Waals surface area contributed by atoms with Crippen LogP contribution in [0.15, 0.2) is 24.4 Å². The predicted molar refractivity (Wildman–Crippen MR) is 120 cm³/mol. The third kappa shape index (κ3) is 6.17. The summed E-state index contributed by atoms with van der Waals surface area (Å²) in [4.78, 5) is 4.98. The minimum Gasteiger partial charge on any atom is -0.484 e. The minimum atomic E-state index is -0.523. The Labute approximate surface area is 178 Å². The van der Waals surface area contributed by atoms with Gasteiger partial charge in [0.05, 0.1) is 24.3 Å². The molecule has 0 spiro atoms. The quantitative estimate of drug-likeness (QED) is 0.389. The van der Waals surface area contributed by atoms with Crippen LogP contribution in [-0.2, 0) is 9.47 Å². The number of ether oxygens (including phenoxy) is 3. The molecule has 0 bridgehead atoms. The summed E-state index contributed by atoms with van der Waals surface area (Å²) >= 11 is 5.56. The molecule has 0 radical (unpaired) electrons.